The van der Waals surface area contributed by atoms with Crippen molar-refractivity contribution >= 4 is 5.91 Å². The highest BCUT2D eigenvalue weighted by Crippen LogP contribution is 2.18. The first-order chi connectivity index (χ1) is 13.4. The first-order valence-electron chi connectivity index (χ1n) is 9.35. The van der Waals surface area contributed by atoms with Crippen molar-refractivity contribution in [1.82, 2.24) is 10.1 Å². The lowest BCUT2D eigenvalue weighted by atomic mass is 10.1. The van der Waals surface area contributed by atoms with Gasteiger partial charge in [-0.2, -0.15) is 0 Å². The predicted molar refractivity (Wildman–Crippen MR) is 108 cm³/mol. The average molecular weight is 378 g/mol. The number of hydrogen-bond donors (Lipinski definition) is 0. The van der Waals surface area contributed by atoms with Crippen molar-refractivity contribution in [2.24, 2.45) is 0 Å². The summed E-state index contributed by atoms with van der Waals surface area (Å²) in [5, 5.41) is 3.93. The molecule has 0 aliphatic rings. The number of carbonyl (C=O) groups excluding carboxylic acids is 1. The predicted octanol–water partition coefficient (Wildman–Crippen LogP) is 4.38. The van der Waals surface area contributed by atoms with E-state index in [9.17, 15) is 4.79 Å². The Morgan fingerprint density at radius 2 is 1.64 bits per heavy atom. The molecule has 3 aromatic rings. The van der Waals surface area contributed by atoms with E-state index >= 15 is 0 Å². The molecule has 0 unspecified atom stereocenters. The zero-order valence-electron chi connectivity index (χ0n) is 16.9. The smallest absolute Gasteiger partial charge is 0.227 e. The summed E-state index contributed by atoms with van der Waals surface area (Å²) in [4.78, 5) is 14.3. The highest BCUT2D eigenvalue weighted by molar-refractivity contribution is 5.78. The molecule has 0 radical (unpaired) electrons. The van der Waals surface area contributed by atoms with Gasteiger partial charge < -0.3 is 14.2 Å². The highest BCUT2D eigenvalue weighted by Gasteiger charge is 2.12. The normalized spacial score (nSPS) is 10.7. The standard InChI is InChI=1S/C23H26N2O3/c1-16-5-7-20(8-6-16)14-25(4)23(26)13-19-9-11-21(12-10-19)27-15-22-17(2)24-28-18(22)3/h5-12H,13-15H2,1-4H3. The number of aromatic nitrogens is 1. The Hall–Kier alpha value is -3.08. The molecule has 0 bridgehead atoms. The third kappa shape index (κ3) is 5.00. The van der Waals surface area contributed by atoms with Crippen molar-refractivity contribution in [1.29, 1.82) is 0 Å². The van der Waals surface area contributed by atoms with Crippen molar-refractivity contribution in [2.75, 3.05) is 7.05 Å². The second-order valence-electron chi connectivity index (χ2n) is 7.15. The van der Waals surface area contributed by atoms with Crippen LogP contribution in [0.2, 0.25) is 0 Å². The van der Waals surface area contributed by atoms with Crippen LogP contribution in [-0.2, 0) is 24.4 Å². The van der Waals surface area contributed by atoms with Gasteiger partial charge in [0.2, 0.25) is 5.91 Å². The van der Waals surface area contributed by atoms with Gasteiger partial charge in [-0.05, 0) is 44.0 Å². The summed E-state index contributed by atoms with van der Waals surface area (Å²) in [6.45, 7) is 6.86. The van der Waals surface area contributed by atoms with Crippen LogP contribution in [0.5, 0.6) is 5.75 Å². The molecule has 5 nitrogen and oxygen atoms in total. The zero-order valence-corrected chi connectivity index (χ0v) is 16.9. The SMILES string of the molecule is Cc1ccc(CN(C)C(=O)Cc2ccc(OCc3c(C)noc3C)cc2)cc1. The Balaban J connectivity index is 1.53. The topological polar surface area (TPSA) is 55.6 Å². The van der Waals surface area contributed by atoms with Crippen LogP contribution >= 0.6 is 0 Å². The van der Waals surface area contributed by atoms with E-state index in [1.54, 1.807) is 4.90 Å². The summed E-state index contributed by atoms with van der Waals surface area (Å²) < 4.78 is 11.0. The Bertz CT molecular complexity index is 908. The van der Waals surface area contributed by atoms with E-state index in [1.165, 1.54) is 5.56 Å². The van der Waals surface area contributed by atoms with Crippen LogP contribution in [0.4, 0.5) is 0 Å². The summed E-state index contributed by atoms with van der Waals surface area (Å²) >= 11 is 0. The van der Waals surface area contributed by atoms with Crippen LogP contribution in [0.1, 0.15) is 33.7 Å². The molecular formula is C23H26N2O3. The molecule has 146 valence electrons. The van der Waals surface area contributed by atoms with Gasteiger partial charge in [0.1, 0.15) is 18.1 Å². The molecule has 1 heterocycles. The van der Waals surface area contributed by atoms with Gasteiger partial charge in [-0.3, -0.25) is 4.79 Å². The fourth-order valence-electron chi connectivity index (χ4n) is 2.93. The minimum absolute atomic E-state index is 0.0879. The summed E-state index contributed by atoms with van der Waals surface area (Å²) in [5.41, 5.74) is 5.12. The molecule has 1 amide bonds. The maximum Gasteiger partial charge on any atom is 0.227 e. The molecule has 28 heavy (non-hydrogen) atoms. The van der Waals surface area contributed by atoms with Crippen molar-refractivity contribution in [3.8, 4) is 5.75 Å². The van der Waals surface area contributed by atoms with E-state index < -0.39 is 0 Å². The molecule has 3 rings (SSSR count). The van der Waals surface area contributed by atoms with Gasteiger partial charge in [0.05, 0.1) is 17.7 Å². The third-order valence-corrected chi connectivity index (χ3v) is 4.81. The van der Waals surface area contributed by atoms with Crippen LogP contribution in [-0.4, -0.2) is 23.0 Å². The Morgan fingerprint density at radius 3 is 2.25 bits per heavy atom. The summed E-state index contributed by atoms with van der Waals surface area (Å²) in [6, 6.07) is 15.9. The van der Waals surface area contributed by atoms with Crippen molar-refractivity contribution < 1.29 is 14.1 Å². The largest absolute Gasteiger partial charge is 0.489 e. The number of nitrogens with zero attached hydrogens (tertiary/aromatic N) is 2. The number of rotatable bonds is 7. The van der Waals surface area contributed by atoms with Crippen molar-refractivity contribution in [3.63, 3.8) is 0 Å². The fraction of sp³-hybridized carbons (Fsp3) is 0.304. The Labute approximate surface area is 165 Å². The maximum absolute atomic E-state index is 12.5. The van der Waals surface area contributed by atoms with Crippen LogP contribution < -0.4 is 4.74 Å². The minimum Gasteiger partial charge on any atom is -0.489 e. The molecule has 0 fully saturated rings. The number of amides is 1. The van der Waals surface area contributed by atoms with Gasteiger partial charge in [0.15, 0.2) is 0 Å². The van der Waals surface area contributed by atoms with Gasteiger partial charge in [-0.15, -0.1) is 0 Å². The first kappa shape index (κ1) is 19.7. The van der Waals surface area contributed by atoms with Crippen molar-refractivity contribution in [3.05, 3.63) is 82.2 Å². The molecule has 0 spiro atoms. The zero-order chi connectivity index (χ0) is 20.1. The van der Waals surface area contributed by atoms with Crippen LogP contribution in [0.15, 0.2) is 53.1 Å². The monoisotopic (exact) mass is 378 g/mol. The first-order valence-corrected chi connectivity index (χ1v) is 9.35. The maximum atomic E-state index is 12.5. The van der Waals surface area contributed by atoms with Gasteiger partial charge in [0.25, 0.3) is 0 Å². The molecule has 0 saturated carbocycles. The molecule has 0 aliphatic carbocycles. The van der Waals surface area contributed by atoms with Gasteiger partial charge in [-0.25, -0.2) is 0 Å². The lowest BCUT2D eigenvalue weighted by Crippen LogP contribution is -2.27. The molecule has 2 aromatic carbocycles. The number of carbonyl (C=O) groups is 1. The lowest BCUT2D eigenvalue weighted by molar-refractivity contribution is -0.129. The fourth-order valence-corrected chi connectivity index (χ4v) is 2.93. The number of hydrogen-bond acceptors (Lipinski definition) is 4. The number of likely N-dealkylation sites (N-methyl/N-ethyl adjacent to an activating group) is 1. The Morgan fingerprint density at radius 1 is 1.00 bits per heavy atom. The van der Waals surface area contributed by atoms with Crippen LogP contribution in [0.3, 0.4) is 0 Å². The minimum atomic E-state index is 0.0879. The molecule has 0 N–H and O–H groups in total. The number of ether oxygens (including phenoxy) is 1. The number of benzene rings is 2. The lowest BCUT2D eigenvalue weighted by Gasteiger charge is -2.17. The molecular weight excluding hydrogens is 352 g/mol. The second kappa shape index (κ2) is 8.74. The van der Waals surface area contributed by atoms with E-state index in [2.05, 4.69) is 36.3 Å². The Kier molecular flexibility index (Phi) is 6.14. The third-order valence-electron chi connectivity index (χ3n) is 4.81. The number of aryl methyl sites for hydroxylation is 3. The van der Waals surface area contributed by atoms with Crippen molar-refractivity contribution in [2.45, 2.75) is 40.3 Å². The van der Waals surface area contributed by atoms with E-state index in [-0.39, 0.29) is 5.91 Å². The van der Waals surface area contributed by atoms with E-state index in [1.807, 2.05) is 45.2 Å². The van der Waals surface area contributed by atoms with Gasteiger partial charge >= 0.3 is 0 Å². The molecule has 0 atom stereocenters. The second-order valence-corrected chi connectivity index (χ2v) is 7.15. The molecule has 1 aromatic heterocycles. The van der Waals surface area contributed by atoms with Gasteiger partial charge in [0, 0.05) is 13.6 Å². The molecule has 5 heteroatoms. The van der Waals surface area contributed by atoms with E-state index in [0.717, 1.165) is 33.9 Å². The summed E-state index contributed by atoms with van der Waals surface area (Å²) in [7, 11) is 1.84. The quantitative estimate of drug-likeness (QED) is 0.612. The van der Waals surface area contributed by atoms with Crippen LogP contribution in [0.25, 0.3) is 0 Å². The molecule has 0 aliphatic heterocycles. The average Bonchev–Trinajstić information content (AvgIpc) is 3.00. The van der Waals surface area contributed by atoms with E-state index in [4.69, 9.17) is 9.26 Å². The van der Waals surface area contributed by atoms with E-state index in [0.29, 0.717) is 19.6 Å². The molecule has 0 saturated heterocycles. The summed E-state index contributed by atoms with van der Waals surface area (Å²) in [5.74, 6) is 1.62. The summed E-state index contributed by atoms with van der Waals surface area (Å²) in [6.07, 6.45) is 0.368. The highest BCUT2D eigenvalue weighted by atomic mass is 16.5. The van der Waals surface area contributed by atoms with Gasteiger partial charge in [-0.1, -0.05) is 47.1 Å². The van der Waals surface area contributed by atoms with Crippen LogP contribution in [0, 0.1) is 20.8 Å².